The molecule has 1 amide bonds. The number of ether oxygens (including phenoxy) is 1. The largest absolute Gasteiger partial charge is 0.480 e. The van der Waals surface area contributed by atoms with Gasteiger partial charge in [0.05, 0.1) is 6.10 Å². The van der Waals surface area contributed by atoms with E-state index in [9.17, 15) is 14.7 Å². The second kappa shape index (κ2) is 5.69. The van der Waals surface area contributed by atoms with Gasteiger partial charge in [-0.2, -0.15) is 0 Å². The normalized spacial score (nSPS) is 29.5. The van der Waals surface area contributed by atoms with Crippen molar-refractivity contribution in [1.82, 2.24) is 4.90 Å². The van der Waals surface area contributed by atoms with E-state index >= 15 is 0 Å². The van der Waals surface area contributed by atoms with Crippen LogP contribution in [-0.2, 0) is 14.3 Å². The Morgan fingerprint density at radius 2 is 1.89 bits per heavy atom. The SMILES string of the molecule is COC1CC(C(=O)O)N(C(=O)C2CCCCC2)C1. The molecule has 1 saturated heterocycles. The molecular formula is C13H21NO4. The van der Waals surface area contributed by atoms with Crippen LogP contribution in [0.4, 0.5) is 0 Å². The van der Waals surface area contributed by atoms with Gasteiger partial charge in [0.2, 0.25) is 5.91 Å². The maximum absolute atomic E-state index is 12.4. The van der Waals surface area contributed by atoms with Crippen molar-refractivity contribution in [2.24, 2.45) is 5.92 Å². The van der Waals surface area contributed by atoms with Crippen molar-refractivity contribution in [3.8, 4) is 0 Å². The summed E-state index contributed by atoms with van der Waals surface area (Å²) in [6.07, 6.45) is 5.42. The van der Waals surface area contributed by atoms with Crippen LogP contribution < -0.4 is 0 Å². The van der Waals surface area contributed by atoms with E-state index in [0.717, 1.165) is 25.7 Å². The zero-order valence-electron chi connectivity index (χ0n) is 10.8. The average Bonchev–Trinajstić information content (AvgIpc) is 2.83. The molecule has 2 atom stereocenters. The highest BCUT2D eigenvalue weighted by atomic mass is 16.5. The number of rotatable bonds is 3. The molecule has 0 aromatic carbocycles. The van der Waals surface area contributed by atoms with E-state index in [1.165, 1.54) is 11.3 Å². The van der Waals surface area contributed by atoms with Crippen molar-refractivity contribution in [1.29, 1.82) is 0 Å². The molecule has 1 aliphatic carbocycles. The molecule has 5 nitrogen and oxygen atoms in total. The number of carboxylic acids is 1. The van der Waals surface area contributed by atoms with Crippen LogP contribution in [0.3, 0.4) is 0 Å². The summed E-state index contributed by atoms with van der Waals surface area (Å²) in [7, 11) is 1.57. The van der Waals surface area contributed by atoms with E-state index in [1.807, 2.05) is 0 Å². The smallest absolute Gasteiger partial charge is 0.326 e. The molecule has 1 aliphatic heterocycles. The number of carbonyl (C=O) groups is 2. The highest BCUT2D eigenvalue weighted by molar-refractivity contribution is 5.85. The fourth-order valence-electron chi connectivity index (χ4n) is 3.03. The Bertz CT molecular complexity index is 325. The first-order chi connectivity index (χ1) is 8.63. The number of hydrogen-bond acceptors (Lipinski definition) is 3. The summed E-state index contributed by atoms with van der Waals surface area (Å²) in [6, 6.07) is -0.704. The third-order valence-corrected chi connectivity index (χ3v) is 4.12. The average molecular weight is 255 g/mol. The molecule has 2 rings (SSSR count). The Balaban J connectivity index is 2.04. The van der Waals surface area contributed by atoms with Gasteiger partial charge in [-0.15, -0.1) is 0 Å². The van der Waals surface area contributed by atoms with Gasteiger partial charge in [0.15, 0.2) is 0 Å². The van der Waals surface area contributed by atoms with Gasteiger partial charge in [0, 0.05) is 26.0 Å². The highest BCUT2D eigenvalue weighted by Crippen LogP contribution is 2.29. The number of aliphatic carboxylic acids is 1. The summed E-state index contributed by atoms with van der Waals surface area (Å²) >= 11 is 0. The fraction of sp³-hybridized carbons (Fsp3) is 0.846. The van der Waals surface area contributed by atoms with Crippen molar-refractivity contribution in [3.05, 3.63) is 0 Å². The molecule has 2 fully saturated rings. The Labute approximate surface area is 107 Å². The molecule has 0 spiro atoms. The van der Waals surface area contributed by atoms with E-state index in [1.54, 1.807) is 7.11 Å². The lowest BCUT2D eigenvalue weighted by atomic mass is 9.88. The molecule has 2 unspecified atom stereocenters. The summed E-state index contributed by atoms with van der Waals surface area (Å²) in [4.78, 5) is 25.1. The van der Waals surface area contributed by atoms with Crippen molar-refractivity contribution in [3.63, 3.8) is 0 Å². The van der Waals surface area contributed by atoms with Crippen LogP contribution in [0.25, 0.3) is 0 Å². The number of hydrogen-bond donors (Lipinski definition) is 1. The number of carbonyl (C=O) groups excluding carboxylic acids is 1. The molecule has 0 bridgehead atoms. The summed E-state index contributed by atoms with van der Waals surface area (Å²) in [5, 5.41) is 9.19. The van der Waals surface area contributed by atoms with E-state index in [-0.39, 0.29) is 17.9 Å². The topological polar surface area (TPSA) is 66.8 Å². The van der Waals surface area contributed by atoms with Crippen LogP contribution in [0, 0.1) is 5.92 Å². The zero-order chi connectivity index (χ0) is 13.1. The molecule has 0 aromatic rings. The molecule has 1 N–H and O–H groups in total. The summed E-state index contributed by atoms with van der Waals surface area (Å²) < 4.78 is 5.20. The third-order valence-electron chi connectivity index (χ3n) is 4.12. The van der Waals surface area contributed by atoms with Crippen molar-refractivity contribution in [2.75, 3.05) is 13.7 Å². The monoisotopic (exact) mass is 255 g/mol. The Morgan fingerprint density at radius 1 is 1.22 bits per heavy atom. The standard InChI is InChI=1S/C13H21NO4/c1-18-10-7-11(13(16)17)14(8-10)12(15)9-5-3-2-4-6-9/h9-11H,2-8H2,1H3,(H,16,17). The number of methoxy groups -OCH3 is 1. The first-order valence-corrected chi connectivity index (χ1v) is 6.69. The van der Waals surface area contributed by atoms with E-state index < -0.39 is 12.0 Å². The predicted molar refractivity (Wildman–Crippen MR) is 65.1 cm³/mol. The van der Waals surface area contributed by atoms with Crippen LogP contribution in [-0.4, -0.2) is 47.7 Å². The minimum atomic E-state index is -0.918. The minimum absolute atomic E-state index is 0.0154. The van der Waals surface area contributed by atoms with Crippen LogP contribution in [0.1, 0.15) is 38.5 Å². The highest BCUT2D eigenvalue weighted by Gasteiger charge is 2.41. The zero-order valence-corrected chi connectivity index (χ0v) is 10.8. The van der Waals surface area contributed by atoms with E-state index in [0.29, 0.717) is 13.0 Å². The van der Waals surface area contributed by atoms with Gasteiger partial charge < -0.3 is 14.7 Å². The first-order valence-electron chi connectivity index (χ1n) is 6.69. The second-order valence-corrected chi connectivity index (χ2v) is 5.27. The number of amides is 1. The Hall–Kier alpha value is -1.10. The van der Waals surface area contributed by atoms with E-state index in [2.05, 4.69) is 0 Å². The van der Waals surface area contributed by atoms with Crippen molar-refractivity contribution < 1.29 is 19.4 Å². The van der Waals surface area contributed by atoms with Crippen LogP contribution in [0.15, 0.2) is 0 Å². The molecule has 102 valence electrons. The predicted octanol–water partition coefficient (Wildman–Crippen LogP) is 1.27. The van der Waals surface area contributed by atoms with Crippen molar-refractivity contribution in [2.45, 2.75) is 50.7 Å². The minimum Gasteiger partial charge on any atom is -0.480 e. The summed E-state index contributed by atoms with van der Waals surface area (Å²) in [5.41, 5.74) is 0. The summed E-state index contributed by atoms with van der Waals surface area (Å²) in [5.74, 6) is -0.878. The molecule has 18 heavy (non-hydrogen) atoms. The van der Waals surface area contributed by atoms with Crippen LogP contribution >= 0.6 is 0 Å². The van der Waals surface area contributed by atoms with Gasteiger partial charge in [-0.05, 0) is 12.8 Å². The van der Waals surface area contributed by atoms with Gasteiger partial charge in [-0.3, -0.25) is 4.79 Å². The van der Waals surface area contributed by atoms with Gasteiger partial charge in [0.25, 0.3) is 0 Å². The molecule has 5 heteroatoms. The van der Waals surface area contributed by atoms with Gasteiger partial charge in [-0.1, -0.05) is 19.3 Å². The van der Waals surface area contributed by atoms with Gasteiger partial charge in [-0.25, -0.2) is 4.79 Å². The first kappa shape index (κ1) is 13.3. The third kappa shape index (κ3) is 2.66. The molecule has 1 heterocycles. The lowest BCUT2D eigenvalue weighted by Gasteiger charge is -2.28. The molecule has 2 aliphatic rings. The maximum Gasteiger partial charge on any atom is 0.326 e. The lowest BCUT2D eigenvalue weighted by molar-refractivity contribution is -0.150. The number of nitrogens with zero attached hydrogens (tertiary/aromatic N) is 1. The fourth-order valence-corrected chi connectivity index (χ4v) is 3.03. The van der Waals surface area contributed by atoms with Crippen molar-refractivity contribution >= 4 is 11.9 Å². The Morgan fingerprint density at radius 3 is 2.44 bits per heavy atom. The van der Waals surface area contributed by atoms with Crippen LogP contribution in [0.5, 0.6) is 0 Å². The van der Waals surface area contributed by atoms with Crippen LogP contribution in [0.2, 0.25) is 0 Å². The maximum atomic E-state index is 12.4. The quantitative estimate of drug-likeness (QED) is 0.824. The molecular weight excluding hydrogens is 234 g/mol. The Kier molecular flexibility index (Phi) is 4.22. The van der Waals surface area contributed by atoms with Gasteiger partial charge >= 0.3 is 5.97 Å². The molecule has 0 aromatic heterocycles. The number of carboxylic acid groups (broad SMARTS) is 1. The molecule has 0 radical (unpaired) electrons. The molecule has 1 saturated carbocycles. The summed E-state index contributed by atoms with van der Waals surface area (Å²) in [6.45, 7) is 0.419. The van der Waals surface area contributed by atoms with Gasteiger partial charge in [0.1, 0.15) is 6.04 Å². The lowest BCUT2D eigenvalue weighted by Crippen LogP contribution is -2.44. The second-order valence-electron chi connectivity index (χ2n) is 5.27. The number of likely N-dealkylation sites (tertiary alicyclic amines) is 1. The van der Waals surface area contributed by atoms with E-state index in [4.69, 9.17) is 4.74 Å².